The number of carbonyl (C=O) groups excluding carboxylic acids is 2. The average molecular weight is 423 g/mol. The molecule has 1 aromatic carbocycles. The number of rotatable bonds is 5. The molecule has 1 atom stereocenters. The molecule has 2 saturated heterocycles. The van der Waals surface area contributed by atoms with Crippen LogP contribution in [0.4, 0.5) is 0 Å². The van der Waals surface area contributed by atoms with Crippen molar-refractivity contribution in [1.29, 1.82) is 0 Å². The fourth-order valence-electron chi connectivity index (χ4n) is 4.05. The molecule has 0 aliphatic carbocycles. The van der Waals surface area contributed by atoms with E-state index in [1.807, 2.05) is 0 Å². The van der Waals surface area contributed by atoms with Crippen LogP contribution in [0, 0.1) is 12.8 Å². The smallest absolute Gasteiger partial charge is 0.310 e. The quantitative estimate of drug-likeness (QED) is 0.681. The molecule has 0 spiro atoms. The summed E-state index contributed by atoms with van der Waals surface area (Å²) in [5.74, 6) is -0.842. The van der Waals surface area contributed by atoms with E-state index in [1.54, 1.807) is 30.9 Å². The molecule has 0 aromatic heterocycles. The lowest BCUT2D eigenvalue weighted by atomic mass is 9.97. The lowest BCUT2D eigenvalue weighted by molar-refractivity contribution is -0.149. The van der Waals surface area contributed by atoms with Gasteiger partial charge in [-0.2, -0.15) is 4.31 Å². The van der Waals surface area contributed by atoms with E-state index in [0.717, 1.165) is 25.7 Å². The Morgan fingerprint density at radius 1 is 1.10 bits per heavy atom. The molecular weight excluding hydrogens is 392 g/mol. The zero-order valence-corrected chi connectivity index (χ0v) is 18.0. The van der Waals surface area contributed by atoms with Crippen molar-refractivity contribution >= 4 is 21.9 Å². The minimum Gasteiger partial charge on any atom is -0.466 e. The number of carbonyl (C=O) groups is 2. The monoisotopic (exact) mass is 422 g/mol. The third kappa shape index (κ3) is 4.80. The van der Waals surface area contributed by atoms with Gasteiger partial charge in [0.15, 0.2) is 0 Å². The molecule has 160 valence electrons. The molecule has 0 saturated carbocycles. The molecule has 2 aliphatic rings. The van der Waals surface area contributed by atoms with E-state index >= 15 is 0 Å². The highest BCUT2D eigenvalue weighted by Crippen LogP contribution is 2.26. The second-order valence-corrected chi connectivity index (χ2v) is 9.69. The lowest BCUT2D eigenvalue weighted by Crippen LogP contribution is -2.43. The Kier molecular flexibility index (Phi) is 6.95. The molecule has 2 heterocycles. The molecule has 0 bridgehead atoms. The van der Waals surface area contributed by atoms with E-state index in [0.29, 0.717) is 50.3 Å². The summed E-state index contributed by atoms with van der Waals surface area (Å²) < 4.78 is 32.8. The summed E-state index contributed by atoms with van der Waals surface area (Å²) in [6.45, 7) is 5.74. The lowest BCUT2D eigenvalue weighted by Gasteiger charge is -2.32. The molecule has 1 amide bonds. The van der Waals surface area contributed by atoms with Crippen LogP contribution >= 0.6 is 0 Å². The number of benzene rings is 1. The highest BCUT2D eigenvalue weighted by molar-refractivity contribution is 7.89. The van der Waals surface area contributed by atoms with Gasteiger partial charge in [-0.15, -0.1) is 0 Å². The van der Waals surface area contributed by atoms with Crippen molar-refractivity contribution in [3.8, 4) is 0 Å². The molecule has 7 nitrogen and oxygen atoms in total. The van der Waals surface area contributed by atoms with E-state index in [2.05, 4.69) is 0 Å². The van der Waals surface area contributed by atoms with Crippen LogP contribution in [0.1, 0.15) is 54.9 Å². The Morgan fingerprint density at radius 2 is 1.83 bits per heavy atom. The Morgan fingerprint density at radius 3 is 2.52 bits per heavy atom. The van der Waals surface area contributed by atoms with E-state index in [4.69, 9.17) is 4.74 Å². The molecule has 0 unspecified atom stereocenters. The van der Waals surface area contributed by atoms with Crippen molar-refractivity contribution in [3.63, 3.8) is 0 Å². The van der Waals surface area contributed by atoms with Crippen LogP contribution in [0.2, 0.25) is 0 Å². The first-order valence-electron chi connectivity index (χ1n) is 10.4. The minimum atomic E-state index is -3.62. The van der Waals surface area contributed by atoms with Crippen molar-refractivity contribution in [2.75, 3.05) is 32.8 Å². The number of likely N-dealkylation sites (tertiary alicyclic amines) is 1. The van der Waals surface area contributed by atoms with E-state index in [-0.39, 0.29) is 22.7 Å². The van der Waals surface area contributed by atoms with Crippen molar-refractivity contribution in [1.82, 2.24) is 9.21 Å². The van der Waals surface area contributed by atoms with E-state index in [9.17, 15) is 18.0 Å². The van der Waals surface area contributed by atoms with Crippen LogP contribution in [0.3, 0.4) is 0 Å². The number of aryl methyl sites for hydroxylation is 1. The number of sulfonamides is 1. The number of hydrogen-bond donors (Lipinski definition) is 0. The van der Waals surface area contributed by atoms with Crippen LogP contribution in [-0.2, 0) is 19.6 Å². The first kappa shape index (κ1) is 21.8. The third-order valence-electron chi connectivity index (χ3n) is 5.70. The molecule has 8 heteroatoms. The summed E-state index contributed by atoms with van der Waals surface area (Å²) in [6, 6.07) is 4.85. The van der Waals surface area contributed by atoms with Gasteiger partial charge in [0.2, 0.25) is 10.0 Å². The Balaban J connectivity index is 1.81. The third-order valence-corrected chi connectivity index (χ3v) is 7.74. The predicted molar refractivity (Wildman–Crippen MR) is 109 cm³/mol. The van der Waals surface area contributed by atoms with Crippen LogP contribution in [-0.4, -0.2) is 62.3 Å². The maximum absolute atomic E-state index is 13.1. The second-order valence-electron chi connectivity index (χ2n) is 7.79. The number of ether oxygens (including phenoxy) is 1. The van der Waals surface area contributed by atoms with Gasteiger partial charge in [0.1, 0.15) is 0 Å². The second kappa shape index (κ2) is 9.26. The van der Waals surface area contributed by atoms with Gasteiger partial charge in [-0.1, -0.05) is 12.5 Å². The van der Waals surface area contributed by atoms with E-state index in [1.165, 1.54) is 10.4 Å². The average Bonchev–Trinajstić information content (AvgIpc) is 2.74. The minimum absolute atomic E-state index is 0.198. The van der Waals surface area contributed by atoms with Crippen LogP contribution in [0.25, 0.3) is 0 Å². The number of amides is 1. The maximum atomic E-state index is 13.1. The number of piperidine rings is 2. The van der Waals surface area contributed by atoms with Gasteiger partial charge in [0, 0.05) is 31.7 Å². The standard InChI is InChI=1S/C21H30N2O5S/c1-3-28-21(25)18-8-7-11-22(15-18)20(24)17-10-9-16(2)19(14-17)29(26,27)23-12-5-4-6-13-23/h9-10,14,18H,3-8,11-13,15H2,1-2H3/t18-/m0/s1. The maximum Gasteiger partial charge on any atom is 0.310 e. The summed E-state index contributed by atoms with van der Waals surface area (Å²) in [5.41, 5.74) is 0.978. The first-order chi connectivity index (χ1) is 13.8. The zero-order chi connectivity index (χ0) is 21.0. The molecule has 2 fully saturated rings. The van der Waals surface area contributed by atoms with Crippen molar-refractivity contribution in [2.45, 2.75) is 50.8 Å². The summed E-state index contributed by atoms with van der Waals surface area (Å²) in [5, 5.41) is 0. The topological polar surface area (TPSA) is 84.0 Å². The van der Waals surface area contributed by atoms with E-state index < -0.39 is 10.0 Å². The summed E-state index contributed by atoms with van der Waals surface area (Å²) in [6.07, 6.45) is 4.19. The predicted octanol–water partition coefficient (Wildman–Crippen LogP) is 2.58. The molecule has 0 radical (unpaired) electrons. The van der Waals surface area contributed by atoms with Gasteiger partial charge in [-0.3, -0.25) is 9.59 Å². The number of nitrogens with zero attached hydrogens (tertiary/aromatic N) is 2. The summed E-state index contributed by atoms with van der Waals surface area (Å²) >= 11 is 0. The van der Waals surface area contributed by atoms with Gasteiger partial charge in [0.25, 0.3) is 5.91 Å². The van der Waals surface area contributed by atoms with Gasteiger partial charge in [-0.25, -0.2) is 8.42 Å². The largest absolute Gasteiger partial charge is 0.466 e. The highest BCUT2D eigenvalue weighted by atomic mass is 32.2. The van der Waals surface area contributed by atoms with Gasteiger partial charge in [-0.05, 0) is 57.2 Å². The SMILES string of the molecule is CCOC(=O)[C@H]1CCCN(C(=O)c2ccc(C)c(S(=O)(=O)N3CCCCC3)c2)C1. The van der Waals surface area contributed by atoms with Crippen molar-refractivity contribution in [2.24, 2.45) is 5.92 Å². The molecule has 1 aromatic rings. The molecular formula is C21H30N2O5S. The first-order valence-corrected chi connectivity index (χ1v) is 11.8. The molecule has 0 N–H and O–H groups in total. The van der Waals surface area contributed by atoms with Crippen LogP contribution in [0.15, 0.2) is 23.1 Å². The number of esters is 1. The fourth-order valence-corrected chi connectivity index (χ4v) is 5.82. The highest BCUT2D eigenvalue weighted by Gasteiger charge is 2.32. The summed E-state index contributed by atoms with van der Waals surface area (Å²) in [7, 11) is -3.62. The van der Waals surface area contributed by atoms with Crippen molar-refractivity contribution < 1.29 is 22.7 Å². The van der Waals surface area contributed by atoms with Crippen molar-refractivity contribution in [3.05, 3.63) is 29.3 Å². The van der Waals surface area contributed by atoms with Gasteiger partial charge < -0.3 is 9.64 Å². The Bertz CT molecular complexity index is 862. The normalized spacial score (nSPS) is 21.0. The Hall–Kier alpha value is -1.93. The molecule has 29 heavy (non-hydrogen) atoms. The summed E-state index contributed by atoms with van der Waals surface area (Å²) in [4.78, 5) is 27.0. The zero-order valence-electron chi connectivity index (χ0n) is 17.2. The van der Waals surface area contributed by atoms with Gasteiger partial charge in [0.05, 0.1) is 17.4 Å². The van der Waals surface area contributed by atoms with Gasteiger partial charge >= 0.3 is 5.97 Å². The Labute approximate surface area is 173 Å². The molecule has 3 rings (SSSR count). The number of hydrogen-bond acceptors (Lipinski definition) is 5. The fraction of sp³-hybridized carbons (Fsp3) is 0.619. The molecule has 2 aliphatic heterocycles. The van der Waals surface area contributed by atoms with Crippen LogP contribution in [0.5, 0.6) is 0 Å². The van der Waals surface area contributed by atoms with Crippen LogP contribution < -0.4 is 0 Å².